The van der Waals surface area contributed by atoms with Crippen LogP contribution in [-0.2, 0) is 11.4 Å². The third kappa shape index (κ3) is 4.05. The van der Waals surface area contributed by atoms with E-state index in [2.05, 4.69) is 0 Å². The van der Waals surface area contributed by atoms with Gasteiger partial charge in [0.15, 0.2) is 11.5 Å². The molecule has 27 heavy (non-hydrogen) atoms. The molecule has 0 aromatic heterocycles. The average Bonchev–Trinajstić information content (AvgIpc) is 3.10. The molecule has 1 N–H and O–H groups in total. The van der Waals surface area contributed by atoms with Gasteiger partial charge in [-0.15, -0.1) is 0 Å². The number of amides is 1. The maximum absolute atomic E-state index is 12.8. The third-order valence-electron chi connectivity index (χ3n) is 4.92. The molecule has 0 aliphatic carbocycles. The molecule has 142 valence electrons. The lowest BCUT2D eigenvalue weighted by atomic mass is 9.90. The van der Waals surface area contributed by atoms with E-state index in [0.29, 0.717) is 36.6 Å². The van der Waals surface area contributed by atoms with Crippen molar-refractivity contribution in [2.45, 2.75) is 20.0 Å². The number of methoxy groups -OCH3 is 1. The predicted molar refractivity (Wildman–Crippen MR) is 100 cm³/mol. The fourth-order valence-electron chi connectivity index (χ4n) is 3.15. The van der Waals surface area contributed by atoms with Gasteiger partial charge < -0.3 is 19.5 Å². The molecular formula is C21H23NO5. The Morgan fingerprint density at radius 1 is 1.15 bits per heavy atom. The Balaban J connectivity index is 1.72. The lowest BCUT2D eigenvalue weighted by Gasteiger charge is -2.20. The minimum atomic E-state index is -0.890. The van der Waals surface area contributed by atoms with E-state index >= 15 is 0 Å². The van der Waals surface area contributed by atoms with E-state index in [1.165, 1.54) is 7.11 Å². The Morgan fingerprint density at radius 2 is 1.89 bits per heavy atom. The maximum Gasteiger partial charge on any atom is 0.311 e. The summed E-state index contributed by atoms with van der Waals surface area (Å²) in [5, 5.41) is 9.34. The first kappa shape index (κ1) is 18.8. The monoisotopic (exact) mass is 369 g/mol. The van der Waals surface area contributed by atoms with Crippen molar-refractivity contribution < 1.29 is 24.2 Å². The van der Waals surface area contributed by atoms with Crippen LogP contribution in [0.5, 0.6) is 11.5 Å². The number of hydrogen-bond acceptors (Lipinski definition) is 4. The van der Waals surface area contributed by atoms with Crippen molar-refractivity contribution >= 4 is 11.9 Å². The van der Waals surface area contributed by atoms with Gasteiger partial charge in [0, 0.05) is 18.7 Å². The molecule has 0 bridgehead atoms. The van der Waals surface area contributed by atoms with Gasteiger partial charge in [0.25, 0.3) is 5.91 Å². The second-order valence-corrected chi connectivity index (χ2v) is 6.98. The lowest BCUT2D eigenvalue weighted by molar-refractivity contribution is -0.147. The van der Waals surface area contributed by atoms with E-state index in [4.69, 9.17) is 9.47 Å². The Morgan fingerprint density at radius 3 is 2.52 bits per heavy atom. The molecule has 1 amide bonds. The van der Waals surface area contributed by atoms with Crippen molar-refractivity contribution in [3.8, 4) is 11.5 Å². The number of nitrogens with zero attached hydrogens (tertiary/aromatic N) is 1. The normalized spacial score (nSPS) is 19.0. The van der Waals surface area contributed by atoms with Gasteiger partial charge in [-0.25, -0.2) is 0 Å². The average molecular weight is 369 g/mol. The van der Waals surface area contributed by atoms with Crippen LogP contribution in [0.4, 0.5) is 0 Å². The van der Waals surface area contributed by atoms with Gasteiger partial charge in [-0.3, -0.25) is 9.59 Å². The molecule has 0 spiro atoms. The molecule has 1 atom stereocenters. The SMILES string of the molecule is COc1cc(C(=O)N2CC[C@](C)(C(=O)O)C2)ccc1OCc1ccccc1. The van der Waals surface area contributed by atoms with Crippen molar-refractivity contribution in [3.63, 3.8) is 0 Å². The van der Waals surface area contributed by atoms with E-state index in [0.717, 1.165) is 5.56 Å². The molecule has 1 fully saturated rings. The van der Waals surface area contributed by atoms with Gasteiger partial charge in [0.1, 0.15) is 6.61 Å². The van der Waals surface area contributed by atoms with Crippen LogP contribution < -0.4 is 9.47 Å². The van der Waals surface area contributed by atoms with Crippen molar-refractivity contribution in [3.05, 3.63) is 59.7 Å². The number of carboxylic acid groups (broad SMARTS) is 1. The smallest absolute Gasteiger partial charge is 0.311 e. The van der Waals surface area contributed by atoms with Crippen LogP contribution in [0, 0.1) is 5.41 Å². The summed E-state index contributed by atoms with van der Waals surface area (Å²) >= 11 is 0. The highest BCUT2D eigenvalue weighted by Crippen LogP contribution is 2.33. The Labute approximate surface area is 158 Å². The molecule has 2 aromatic rings. The Hall–Kier alpha value is -3.02. The molecule has 1 saturated heterocycles. The summed E-state index contributed by atoms with van der Waals surface area (Å²) in [6.07, 6.45) is 0.448. The molecule has 3 rings (SSSR count). The van der Waals surface area contributed by atoms with Gasteiger partial charge in [-0.2, -0.15) is 0 Å². The summed E-state index contributed by atoms with van der Waals surface area (Å²) < 4.78 is 11.2. The van der Waals surface area contributed by atoms with Crippen LogP contribution in [0.1, 0.15) is 29.3 Å². The van der Waals surface area contributed by atoms with Crippen LogP contribution in [-0.4, -0.2) is 42.1 Å². The van der Waals surface area contributed by atoms with Crippen LogP contribution in [0.25, 0.3) is 0 Å². The zero-order valence-electron chi connectivity index (χ0n) is 15.5. The van der Waals surface area contributed by atoms with Gasteiger partial charge in [-0.05, 0) is 37.1 Å². The fourth-order valence-corrected chi connectivity index (χ4v) is 3.15. The molecule has 0 radical (unpaired) electrons. The maximum atomic E-state index is 12.8. The molecule has 1 aliphatic rings. The van der Waals surface area contributed by atoms with Crippen molar-refractivity contribution in [2.24, 2.45) is 5.41 Å². The van der Waals surface area contributed by atoms with Gasteiger partial charge in [0.05, 0.1) is 12.5 Å². The third-order valence-corrected chi connectivity index (χ3v) is 4.92. The van der Waals surface area contributed by atoms with Gasteiger partial charge >= 0.3 is 5.97 Å². The zero-order chi connectivity index (χ0) is 19.4. The molecule has 0 unspecified atom stereocenters. The number of ether oxygens (including phenoxy) is 2. The van der Waals surface area contributed by atoms with E-state index in [9.17, 15) is 14.7 Å². The topological polar surface area (TPSA) is 76.1 Å². The second-order valence-electron chi connectivity index (χ2n) is 6.98. The summed E-state index contributed by atoms with van der Waals surface area (Å²) in [7, 11) is 1.52. The number of likely N-dealkylation sites (tertiary alicyclic amines) is 1. The van der Waals surface area contributed by atoms with E-state index in [1.807, 2.05) is 30.3 Å². The molecule has 6 nitrogen and oxygen atoms in total. The summed E-state index contributed by atoms with van der Waals surface area (Å²) in [6, 6.07) is 14.8. The number of aliphatic carboxylic acids is 1. The first-order valence-corrected chi connectivity index (χ1v) is 8.80. The Bertz CT molecular complexity index is 836. The van der Waals surface area contributed by atoms with Crippen LogP contribution in [0.2, 0.25) is 0 Å². The highest BCUT2D eigenvalue weighted by Gasteiger charge is 2.42. The summed E-state index contributed by atoms with van der Waals surface area (Å²) in [4.78, 5) is 25.7. The van der Waals surface area contributed by atoms with Crippen LogP contribution in [0.3, 0.4) is 0 Å². The van der Waals surface area contributed by atoms with E-state index in [1.54, 1.807) is 30.0 Å². The Kier molecular flexibility index (Phi) is 5.35. The summed E-state index contributed by atoms with van der Waals surface area (Å²) in [6.45, 7) is 2.70. The highest BCUT2D eigenvalue weighted by atomic mass is 16.5. The second kappa shape index (κ2) is 7.70. The van der Waals surface area contributed by atoms with Crippen LogP contribution >= 0.6 is 0 Å². The number of rotatable bonds is 6. The molecule has 0 saturated carbocycles. The highest BCUT2D eigenvalue weighted by molar-refractivity contribution is 5.95. The van der Waals surface area contributed by atoms with E-state index < -0.39 is 11.4 Å². The van der Waals surface area contributed by atoms with Crippen molar-refractivity contribution in [2.75, 3.05) is 20.2 Å². The fraction of sp³-hybridized carbons (Fsp3) is 0.333. The molecule has 6 heteroatoms. The number of benzene rings is 2. The first-order chi connectivity index (χ1) is 12.9. The zero-order valence-corrected chi connectivity index (χ0v) is 15.5. The summed E-state index contributed by atoms with van der Waals surface area (Å²) in [5.41, 5.74) is 0.594. The number of carbonyl (C=O) groups excluding carboxylic acids is 1. The predicted octanol–water partition coefficient (Wildman–Crippen LogP) is 3.21. The summed E-state index contributed by atoms with van der Waals surface area (Å²) in [5.74, 6) is -0.0559. The molecular weight excluding hydrogens is 346 g/mol. The number of hydrogen-bond donors (Lipinski definition) is 1. The molecule has 2 aromatic carbocycles. The largest absolute Gasteiger partial charge is 0.493 e. The molecule has 1 heterocycles. The quantitative estimate of drug-likeness (QED) is 0.846. The minimum absolute atomic E-state index is 0.201. The number of carboxylic acids is 1. The van der Waals surface area contributed by atoms with Gasteiger partial charge in [0.2, 0.25) is 0 Å². The number of carbonyl (C=O) groups is 2. The van der Waals surface area contributed by atoms with Crippen molar-refractivity contribution in [1.29, 1.82) is 0 Å². The standard InChI is InChI=1S/C21H23NO5/c1-21(20(24)25)10-11-22(14-21)19(23)16-8-9-17(18(12-16)26-2)27-13-15-6-4-3-5-7-15/h3-9,12H,10-11,13-14H2,1-2H3,(H,24,25)/t21-/m0/s1. The van der Waals surface area contributed by atoms with Crippen molar-refractivity contribution in [1.82, 2.24) is 4.90 Å². The lowest BCUT2D eigenvalue weighted by Crippen LogP contribution is -2.34. The van der Waals surface area contributed by atoms with Crippen LogP contribution in [0.15, 0.2) is 48.5 Å². The van der Waals surface area contributed by atoms with E-state index in [-0.39, 0.29) is 12.5 Å². The molecule has 1 aliphatic heterocycles. The van der Waals surface area contributed by atoms with Gasteiger partial charge in [-0.1, -0.05) is 30.3 Å². The minimum Gasteiger partial charge on any atom is -0.493 e. The first-order valence-electron chi connectivity index (χ1n) is 8.80.